The van der Waals surface area contributed by atoms with Gasteiger partial charge in [0.15, 0.2) is 0 Å². The average molecular weight is 270 g/mol. The molecule has 0 amide bonds. The van der Waals surface area contributed by atoms with E-state index in [2.05, 4.69) is 0 Å². The van der Waals surface area contributed by atoms with Crippen LogP contribution in [0.3, 0.4) is 0 Å². The van der Waals surface area contributed by atoms with Crippen molar-refractivity contribution >= 4 is 11.6 Å². The van der Waals surface area contributed by atoms with Crippen molar-refractivity contribution in [1.29, 1.82) is 0 Å². The summed E-state index contributed by atoms with van der Waals surface area (Å²) in [5.41, 5.74) is 6.05. The van der Waals surface area contributed by atoms with E-state index in [0.29, 0.717) is 5.02 Å². The molecule has 3 atom stereocenters. The van der Waals surface area contributed by atoms with Crippen molar-refractivity contribution < 1.29 is 9.84 Å². The molecule has 2 unspecified atom stereocenters. The van der Waals surface area contributed by atoms with Gasteiger partial charge >= 0.3 is 0 Å². The second-order valence-corrected chi connectivity index (χ2v) is 5.76. The monoisotopic (exact) mass is 269 g/mol. The fourth-order valence-electron chi connectivity index (χ4n) is 2.44. The molecule has 18 heavy (non-hydrogen) atoms. The van der Waals surface area contributed by atoms with Crippen LogP contribution in [-0.2, 0) is 0 Å². The second kappa shape index (κ2) is 5.08. The smallest absolute Gasteiger partial charge is 0.127 e. The first kappa shape index (κ1) is 13.7. The van der Waals surface area contributed by atoms with E-state index < -0.39 is 5.60 Å². The Morgan fingerprint density at radius 2 is 2.28 bits per heavy atom. The van der Waals surface area contributed by atoms with Crippen LogP contribution in [0.25, 0.3) is 0 Å². The third-order valence-electron chi connectivity index (χ3n) is 3.57. The number of rotatable bonds is 3. The normalized spacial score (nSPS) is 29.3. The van der Waals surface area contributed by atoms with E-state index in [-0.39, 0.29) is 12.1 Å². The molecule has 3 nitrogen and oxygen atoms in total. The second-order valence-electron chi connectivity index (χ2n) is 5.33. The van der Waals surface area contributed by atoms with Gasteiger partial charge in [-0.2, -0.15) is 0 Å². The van der Waals surface area contributed by atoms with Crippen LogP contribution in [-0.4, -0.2) is 16.8 Å². The number of hydrogen-bond donors (Lipinski definition) is 2. The number of nitrogens with two attached hydrogens (primary N) is 1. The van der Waals surface area contributed by atoms with Crippen molar-refractivity contribution in [1.82, 2.24) is 0 Å². The molecule has 1 aromatic carbocycles. The van der Waals surface area contributed by atoms with Gasteiger partial charge in [-0.25, -0.2) is 0 Å². The molecule has 4 heteroatoms. The van der Waals surface area contributed by atoms with Crippen LogP contribution in [0.1, 0.15) is 44.7 Å². The van der Waals surface area contributed by atoms with Crippen molar-refractivity contribution in [3.8, 4) is 5.75 Å². The van der Waals surface area contributed by atoms with Crippen LogP contribution in [0, 0.1) is 0 Å². The molecule has 1 aliphatic rings. The van der Waals surface area contributed by atoms with Gasteiger partial charge in [-0.1, -0.05) is 11.6 Å². The van der Waals surface area contributed by atoms with Crippen LogP contribution < -0.4 is 10.5 Å². The summed E-state index contributed by atoms with van der Waals surface area (Å²) >= 11 is 5.97. The summed E-state index contributed by atoms with van der Waals surface area (Å²) in [6.45, 7) is 3.72. The van der Waals surface area contributed by atoms with Gasteiger partial charge in [0.05, 0.1) is 5.60 Å². The molecule has 0 saturated heterocycles. The number of halogens is 1. The van der Waals surface area contributed by atoms with Gasteiger partial charge in [-0.15, -0.1) is 0 Å². The minimum absolute atomic E-state index is 0.148. The highest BCUT2D eigenvalue weighted by Gasteiger charge is 2.38. The summed E-state index contributed by atoms with van der Waals surface area (Å²) < 4.78 is 5.95. The van der Waals surface area contributed by atoms with Crippen LogP contribution in [0.2, 0.25) is 5.02 Å². The molecule has 1 aliphatic carbocycles. The standard InChI is InChI=1S/C14H20ClNO2/c1-9(16)11-8-10(15)5-6-12(11)18-13-4-3-7-14(13,2)17/h5-6,8-9,13,17H,3-4,7,16H2,1-2H3/t9-,13?,14?/m0/s1. The summed E-state index contributed by atoms with van der Waals surface area (Å²) in [4.78, 5) is 0. The molecule has 0 heterocycles. The predicted molar refractivity (Wildman–Crippen MR) is 72.9 cm³/mol. The predicted octanol–water partition coefficient (Wildman–Crippen LogP) is 3.04. The molecule has 0 bridgehead atoms. The van der Waals surface area contributed by atoms with E-state index in [0.717, 1.165) is 30.6 Å². The Morgan fingerprint density at radius 3 is 2.83 bits per heavy atom. The molecule has 3 N–H and O–H groups in total. The van der Waals surface area contributed by atoms with Crippen LogP contribution in [0.5, 0.6) is 5.75 Å². The van der Waals surface area contributed by atoms with Gasteiger partial charge in [-0.05, 0) is 51.3 Å². The van der Waals surface area contributed by atoms with E-state index in [4.69, 9.17) is 22.1 Å². The van der Waals surface area contributed by atoms with Crippen molar-refractivity contribution in [2.45, 2.75) is 50.9 Å². The van der Waals surface area contributed by atoms with Crippen molar-refractivity contribution in [2.24, 2.45) is 5.73 Å². The zero-order valence-corrected chi connectivity index (χ0v) is 11.6. The Balaban J connectivity index is 2.24. The summed E-state index contributed by atoms with van der Waals surface area (Å²) in [7, 11) is 0. The first-order chi connectivity index (χ1) is 8.40. The van der Waals surface area contributed by atoms with Crippen LogP contribution in [0.15, 0.2) is 18.2 Å². The summed E-state index contributed by atoms with van der Waals surface area (Å²) in [5, 5.41) is 10.9. The lowest BCUT2D eigenvalue weighted by Gasteiger charge is -2.27. The Morgan fingerprint density at radius 1 is 1.56 bits per heavy atom. The highest BCUT2D eigenvalue weighted by molar-refractivity contribution is 6.30. The van der Waals surface area contributed by atoms with Gasteiger partial charge in [0.2, 0.25) is 0 Å². The largest absolute Gasteiger partial charge is 0.487 e. The molecular formula is C14H20ClNO2. The lowest BCUT2D eigenvalue weighted by atomic mass is 10.0. The Labute approximate surface area is 113 Å². The number of ether oxygens (including phenoxy) is 1. The molecule has 0 aliphatic heterocycles. The van der Waals surface area contributed by atoms with Gasteiger partial charge in [0.25, 0.3) is 0 Å². The quantitative estimate of drug-likeness (QED) is 0.887. The number of benzene rings is 1. The molecule has 1 fully saturated rings. The number of aliphatic hydroxyl groups is 1. The van der Waals surface area contributed by atoms with Crippen LogP contribution in [0.4, 0.5) is 0 Å². The fourth-order valence-corrected chi connectivity index (χ4v) is 2.62. The molecule has 0 spiro atoms. The van der Waals surface area contributed by atoms with Crippen LogP contribution >= 0.6 is 11.6 Å². The minimum Gasteiger partial charge on any atom is -0.487 e. The number of hydrogen-bond acceptors (Lipinski definition) is 3. The van der Waals surface area contributed by atoms with E-state index in [9.17, 15) is 5.11 Å². The first-order valence-electron chi connectivity index (χ1n) is 6.34. The summed E-state index contributed by atoms with van der Waals surface area (Å²) in [6.07, 6.45) is 2.46. The molecular weight excluding hydrogens is 250 g/mol. The zero-order valence-electron chi connectivity index (χ0n) is 10.8. The van der Waals surface area contributed by atoms with E-state index >= 15 is 0 Å². The molecule has 100 valence electrons. The Kier molecular flexibility index (Phi) is 3.85. The molecule has 0 aromatic heterocycles. The third-order valence-corrected chi connectivity index (χ3v) is 3.81. The van der Waals surface area contributed by atoms with Gasteiger partial charge in [0.1, 0.15) is 11.9 Å². The average Bonchev–Trinajstić information content (AvgIpc) is 2.60. The SMILES string of the molecule is C[C@H](N)c1cc(Cl)ccc1OC1CCCC1(C)O. The highest BCUT2D eigenvalue weighted by Crippen LogP contribution is 2.35. The van der Waals surface area contributed by atoms with Gasteiger partial charge < -0.3 is 15.6 Å². The lowest BCUT2D eigenvalue weighted by molar-refractivity contribution is -0.0256. The Bertz CT molecular complexity index is 432. The topological polar surface area (TPSA) is 55.5 Å². The maximum atomic E-state index is 10.2. The maximum Gasteiger partial charge on any atom is 0.127 e. The third kappa shape index (κ3) is 2.79. The first-order valence-corrected chi connectivity index (χ1v) is 6.72. The molecule has 0 radical (unpaired) electrons. The molecule has 1 saturated carbocycles. The fraction of sp³-hybridized carbons (Fsp3) is 0.571. The van der Waals surface area contributed by atoms with Crippen molar-refractivity contribution in [3.05, 3.63) is 28.8 Å². The van der Waals surface area contributed by atoms with Crippen molar-refractivity contribution in [3.63, 3.8) is 0 Å². The van der Waals surface area contributed by atoms with Crippen molar-refractivity contribution in [2.75, 3.05) is 0 Å². The van der Waals surface area contributed by atoms with E-state index in [1.165, 1.54) is 0 Å². The van der Waals surface area contributed by atoms with Gasteiger partial charge in [-0.3, -0.25) is 0 Å². The lowest BCUT2D eigenvalue weighted by Crippen LogP contribution is -2.38. The van der Waals surface area contributed by atoms with Gasteiger partial charge in [0, 0.05) is 16.6 Å². The minimum atomic E-state index is -0.755. The highest BCUT2D eigenvalue weighted by atomic mass is 35.5. The maximum absolute atomic E-state index is 10.2. The van der Waals surface area contributed by atoms with E-state index in [1.807, 2.05) is 26.0 Å². The van der Waals surface area contributed by atoms with E-state index in [1.54, 1.807) is 6.07 Å². The molecule has 2 rings (SSSR count). The molecule has 1 aromatic rings. The summed E-state index contributed by atoms with van der Waals surface area (Å²) in [6, 6.07) is 5.29. The zero-order chi connectivity index (χ0) is 13.3. The summed E-state index contributed by atoms with van der Waals surface area (Å²) in [5.74, 6) is 0.724. The Hall–Kier alpha value is -0.770.